The summed E-state index contributed by atoms with van der Waals surface area (Å²) in [6.45, 7) is 3.43. The molecule has 2 aromatic rings. The van der Waals surface area contributed by atoms with Gasteiger partial charge in [-0.2, -0.15) is 0 Å². The van der Waals surface area contributed by atoms with Gasteiger partial charge in [0.15, 0.2) is 0 Å². The first-order valence-electron chi connectivity index (χ1n) is 6.95. The second-order valence-electron chi connectivity index (χ2n) is 5.00. The number of rotatable bonds is 8. The summed E-state index contributed by atoms with van der Waals surface area (Å²) in [5.74, 6) is 0.940. The Labute approximate surface area is 139 Å². The Balaban J connectivity index is 1.74. The van der Waals surface area contributed by atoms with Crippen LogP contribution in [-0.4, -0.2) is 32.1 Å². The van der Waals surface area contributed by atoms with E-state index in [-0.39, 0.29) is 0 Å². The van der Waals surface area contributed by atoms with Crippen molar-refractivity contribution >= 4 is 27.3 Å². The summed E-state index contributed by atoms with van der Waals surface area (Å²) in [7, 11) is 4.07. The minimum Gasteiger partial charge on any atom is -0.492 e. The average molecular weight is 369 g/mol. The zero-order chi connectivity index (χ0) is 15.1. The molecule has 0 saturated heterocycles. The minimum atomic E-state index is 0.700. The molecule has 0 aliphatic rings. The zero-order valence-corrected chi connectivity index (χ0v) is 14.8. The highest BCUT2D eigenvalue weighted by Gasteiger charge is 2.03. The number of halogens is 1. The Kier molecular flexibility index (Phi) is 6.70. The van der Waals surface area contributed by atoms with Gasteiger partial charge in [-0.3, -0.25) is 4.90 Å². The monoisotopic (exact) mass is 368 g/mol. The molecule has 0 unspecified atom stereocenters. The van der Waals surface area contributed by atoms with E-state index in [9.17, 15) is 0 Å². The molecule has 1 N–H and O–H groups in total. The first-order chi connectivity index (χ1) is 10.2. The number of nitrogens with zero attached hydrogens (tertiary/aromatic N) is 1. The highest BCUT2D eigenvalue weighted by atomic mass is 79.9. The van der Waals surface area contributed by atoms with Crippen LogP contribution in [0, 0.1) is 0 Å². The van der Waals surface area contributed by atoms with Gasteiger partial charge in [-0.1, -0.05) is 12.1 Å². The highest BCUT2D eigenvalue weighted by molar-refractivity contribution is 9.10. The van der Waals surface area contributed by atoms with E-state index < -0.39 is 0 Å². The standard InChI is InChI=1S/C16H21BrN2OS/c1-18-10-13-4-3-5-15(8-13)20-7-6-19(2)11-16-9-14(17)12-21-16/h3-5,8-9,12,18H,6-7,10-11H2,1-2H3. The van der Waals surface area contributed by atoms with Crippen molar-refractivity contribution in [2.24, 2.45) is 0 Å². The highest BCUT2D eigenvalue weighted by Crippen LogP contribution is 2.20. The topological polar surface area (TPSA) is 24.5 Å². The molecule has 0 saturated carbocycles. The molecular formula is C16H21BrN2OS. The molecule has 0 bridgehead atoms. The van der Waals surface area contributed by atoms with Gasteiger partial charge in [0, 0.05) is 34.4 Å². The molecule has 21 heavy (non-hydrogen) atoms. The van der Waals surface area contributed by atoms with Crippen LogP contribution in [0.4, 0.5) is 0 Å². The maximum Gasteiger partial charge on any atom is 0.119 e. The Hall–Kier alpha value is -0.880. The molecule has 5 heteroatoms. The normalized spacial score (nSPS) is 11.0. The van der Waals surface area contributed by atoms with Crippen LogP contribution < -0.4 is 10.1 Å². The van der Waals surface area contributed by atoms with Crippen molar-refractivity contribution in [1.82, 2.24) is 10.2 Å². The number of nitrogens with one attached hydrogen (secondary N) is 1. The SMILES string of the molecule is CNCc1cccc(OCCN(C)Cc2cc(Br)cs2)c1. The van der Waals surface area contributed by atoms with Crippen molar-refractivity contribution in [2.45, 2.75) is 13.1 Å². The summed E-state index contributed by atoms with van der Waals surface area (Å²) in [6, 6.07) is 10.4. The van der Waals surface area contributed by atoms with E-state index in [1.165, 1.54) is 10.4 Å². The number of hydrogen-bond donors (Lipinski definition) is 1. The molecule has 0 radical (unpaired) electrons. The van der Waals surface area contributed by atoms with E-state index in [0.717, 1.165) is 29.9 Å². The van der Waals surface area contributed by atoms with Crippen LogP contribution in [0.2, 0.25) is 0 Å². The van der Waals surface area contributed by atoms with Crippen molar-refractivity contribution < 1.29 is 4.74 Å². The lowest BCUT2D eigenvalue weighted by molar-refractivity contribution is 0.234. The van der Waals surface area contributed by atoms with E-state index in [1.54, 1.807) is 11.3 Å². The molecule has 0 aliphatic heterocycles. The van der Waals surface area contributed by atoms with Crippen molar-refractivity contribution in [2.75, 3.05) is 27.2 Å². The number of thiophene rings is 1. The van der Waals surface area contributed by atoms with Gasteiger partial charge in [0.2, 0.25) is 0 Å². The minimum absolute atomic E-state index is 0.700. The molecule has 2 rings (SSSR count). The number of hydrogen-bond acceptors (Lipinski definition) is 4. The summed E-state index contributed by atoms with van der Waals surface area (Å²) < 4.78 is 6.99. The quantitative estimate of drug-likeness (QED) is 0.767. The van der Waals surface area contributed by atoms with Gasteiger partial charge < -0.3 is 10.1 Å². The maximum atomic E-state index is 5.83. The fraction of sp³-hybridized carbons (Fsp3) is 0.375. The first kappa shape index (κ1) is 16.5. The predicted molar refractivity (Wildman–Crippen MR) is 93.1 cm³/mol. The van der Waals surface area contributed by atoms with Crippen molar-refractivity contribution in [3.8, 4) is 5.75 Å². The van der Waals surface area contributed by atoms with Gasteiger partial charge in [-0.25, -0.2) is 0 Å². The molecule has 1 heterocycles. The van der Waals surface area contributed by atoms with Gasteiger partial charge in [-0.15, -0.1) is 11.3 Å². The van der Waals surface area contributed by atoms with E-state index in [1.807, 2.05) is 19.2 Å². The van der Waals surface area contributed by atoms with E-state index in [4.69, 9.17) is 4.74 Å². The average Bonchev–Trinajstić information content (AvgIpc) is 2.85. The third kappa shape index (κ3) is 5.79. The Bertz CT molecular complexity index is 559. The van der Waals surface area contributed by atoms with Crippen LogP contribution in [0.5, 0.6) is 5.75 Å². The van der Waals surface area contributed by atoms with Crippen LogP contribution in [0.1, 0.15) is 10.4 Å². The number of likely N-dealkylation sites (N-methyl/N-ethyl adjacent to an activating group) is 1. The van der Waals surface area contributed by atoms with Crippen molar-refractivity contribution in [1.29, 1.82) is 0 Å². The molecule has 114 valence electrons. The maximum absolute atomic E-state index is 5.83. The smallest absolute Gasteiger partial charge is 0.119 e. The van der Waals surface area contributed by atoms with Crippen LogP contribution >= 0.6 is 27.3 Å². The Morgan fingerprint density at radius 3 is 2.90 bits per heavy atom. The molecule has 1 aromatic heterocycles. The lowest BCUT2D eigenvalue weighted by Crippen LogP contribution is -2.23. The van der Waals surface area contributed by atoms with Crippen LogP contribution in [0.15, 0.2) is 40.2 Å². The first-order valence-corrected chi connectivity index (χ1v) is 8.62. The predicted octanol–water partition coefficient (Wildman–Crippen LogP) is 3.74. The van der Waals surface area contributed by atoms with Crippen molar-refractivity contribution in [3.63, 3.8) is 0 Å². The van der Waals surface area contributed by atoms with E-state index in [2.05, 4.69) is 56.8 Å². The molecule has 0 spiro atoms. The van der Waals surface area contributed by atoms with Crippen LogP contribution in [-0.2, 0) is 13.1 Å². The van der Waals surface area contributed by atoms with Crippen LogP contribution in [0.3, 0.4) is 0 Å². The van der Waals surface area contributed by atoms with E-state index in [0.29, 0.717) is 6.61 Å². The molecule has 1 aromatic carbocycles. The fourth-order valence-corrected chi connectivity index (χ4v) is 3.58. The van der Waals surface area contributed by atoms with Gasteiger partial charge in [0.05, 0.1) is 0 Å². The van der Waals surface area contributed by atoms with E-state index >= 15 is 0 Å². The third-order valence-electron chi connectivity index (χ3n) is 3.07. The molecule has 0 atom stereocenters. The molecular weight excluding hydrogens is 348 g/mol. The van der Waals surface area contributed by atoms with Gasteiger partial charge >= 0.3 is 0 Å². The number of benzene rings is 1. The Morgan fingerprint density at radius 1 is 1.33 bits per heavy atom. The molecule has 0 aliphatic carbocycles. The summed E-state index contributed by atoms with van der Waals surface area (Å²) >= 11 is 5.27. The molecule has 0 fully saturated rings. The lowest BCUT2D eigenvalue weighted by Gasteiger charge is -2.16. The largest absolute Gasteiger partial charge is 0.492 e. The summed E-state index contributed by atoms with van der Waals surface area (Å²) in [6.07, 6.45) is 0. The second kappa shape index (κ2) is 8.54. The molecule has 3 nitrogen and oxygen atoms in total. The summed E-state index contributed by atoms with van der Waals surface area (Å²) in [5.41, 5.74) is 1.24. The second-order valence-corrected chi connectivity index (χ2v) is 6.91. The van der Waals surface area contributed by atoms with Gasteiger partial charge in [0.25, 0.3) is 0 Å². The third-order valence-corrected chi connectivity index (χ3v) is 4.75. The lowest BCUT2D eigenvalue weighted by atomic mass is 10.2. The molecule has 0 amide bonds. The van der Waals surface area contributed by atoms with Crippen molar-refractivity contribution in [3.05, 3.63) is 50.6 Å². The summed E-state index contributed by atoms with van der Waals surface area (Å²) in [4.78, 5) is 3.64. The van der Waals surface area contributed by atoms with Gasteiger partial charge in [-0.05, 0) is 53.8 Å². The summed E-state index contributed by atoms with van der Waals surface area (Å²) in [5, 5.41) is 5.27. The van der Waals surface area contributed by atoms with Crippen LogP contribution in [0.25, 0.3) is 0 Å². The Morgan fingerprint density at radius 2 is 2.19 bits per heavy atom. The van der Waals surface area contributed by atoms with Gasteiger partial charge in [0.1, 0.15) is 12.4 Å². The number of ether oxygens (including phenoxy) is 1. The zero-order valence-electron chi connectivity index (χ0n) is 12.4. The fourth-order valence-electron chi connectivity index (χ4n) is 2.05.